The van der Waals surface area contributed by atoms with Crippen LogP contribution in [0.15, 0.2) is 24.3 Å². The van der Waals surface area contributed by atoms with Crippen molar-refractivity contribution in [1.82, 2.24) is 4.90 Å². The standard InChI is InChI=1S/C15H23FN2/c1-2-5-12-8-14(17)11-18(9-12)10-13-6-3-4-7-15(13)16/h3-4,6-7,12,14H,2,5,8-11,17H2,1H3. The molecule has 3 heteroatoms. The van der Waals surface area contributed by atoms with Gasteiger partial charge in [0.1, 0.15) is 5.82 Å². The molecule has 1 fully saturated rings. The van der Waals surface area contributed by atoms with E-state index >= 15 is 0 Å². The van der Waals surface area contributed by atoms with E-state index in [1.165, 1.54) is 18.9 Å². The summed E-state index contributed by atoms with van der Waals surface area (Å²) in [6.07, 6.45) is 3.54. The summed E-state index contributed by atoms with van der Waals surface area (Å²) in [6, 6.07) is 7.27. The molecule has 0 spiro atoms. The Bertz CT molecular complexity index is 381. The Morgan fingerprint density at radius 3 is 2.83 bits per heavy atom. The number of nitrogens with two attached hydrogens (primary N) is 1. The van der Waals surface area contributed by atoms with E-state index in [2.05, 4.69) is 11.8 Å². The fraction of sp³-hybridized carbons (Fsp3) is 0.600. The first-order chi connectivity index (χ1) is 8.69. The van der Waals surface area contributed by atoms with Gasteiger partial charge in [-0.2, -0.15) is 0 Å². The lowest BCUT2D eigenvalue weighted by molar-refractivity contribution is 0.142. The number of hydrogen-bond acceptors (Lipinski definition) is 2. The molecule has 0 amide bonds. The number of rotatable bonds is 4. The molecule has 0 aliphatic carbocycles. The van der Waals surface area contributed by atoms with Crippen molar-refractivity contribution < 1.29 is 4.39 Å². The third kappa shape index (κ3) is 3.53. The lowest BCUT2D eigenvalue weighted by Crippen LogP contribution is -2.46. The van der Waals surface area contributed by atoms with Crippen LogP contribution in [0.1, 0.15) is 31.7 Å². The molecule has 2 nitrogen and oxygen atoms in total. The maximum absolute atomic E-state index is 13.6. The molecule has 100 valence electrons. The van der Waals surface area contributed by atoms with Crippen LogP contribution in [0.3, 0.4) is 0 Å². The summed E-state index contributed by atoms with van der Waals surface area (Å²) in [5.74, 6) is 0.564. The average molecular weight is 250 g/mol. The van der Waals surface area contributed by atoms with Crippen molar-refractivity contribution in [3.8, 4) is 0 Å². The molecule has 0 bridgehead atoms. The first-order valence-corrected chi connectivity index (χ1v) is 6.90. The van der Waals surface area contributed by atoms with E-state index in [1.54, 1.807) is 6.07 Å². The number of hydrogen-bond donors (Lipinski definition) is 1. The van der Waals surface area contributed by atoms with Crippen LogP contribution >= 0.6 is 0 Å². The summed E-state index contributed by atoms with van der Waals surface area (Å²) < 4.78 is 13.6. The molecular weight excluding hydrogens is 227 g/mol. The van der Waals surface area contributed by atoms with E-state index in [0.717, 1.165) is 25.1 Å². The maximum atomic E-state index is 13.6. The zero-order valence-electron chi connectivity index (χ0n) is 11.1. The van der Waals surface area contributed by atoms with E-state index in [4.69, 9.17) is 5.73 Å². The fourth-order valence-electron chi connectivity index (χ4n) is 2.96. The van der Waals surface area contributed by atoms with Gasteiger partial charge in [-0.05, 0) is 24.8 Å². The number of nitrogens with zero attached hydrogens (tertiary/aromatic N) is 1. The molecule has 0 saturated carbocycles. The summed E-state index contributed by atoms with van der Waals surface area (Å²) in [7, 11) is 0. The van der Waals surface area contributed by atoms with Gasteiger partial charge in [0.2, 0.25) is 0 Å². The fourth-order valence-corrected chi connectivity index (χ4v) is 2.96. The van der Waals surface area contributed by atoms with Gasteiger partial charge in [0, 0.05) is 31.2 Å². The molecule has 2 unspecified atom stereocenters. The Morgan fingerprint density at radius 1 is 1.33 bits per heavy atom. The van der Waals surface area contributed by atoms with Gasteiger partial charge in [-0.1, -0.05) is 31.5 Å². The van der Waals surface area contributed by atoms with Crippen molar-refractivity contribution in [3.63, 3.8) is 0 Å². The van der Waals surface area contributed by atoms with E-state index < -0.39 is 0 Å². The summed E-state index contributed by atoms with van der Waals surface area (Å²) >= 11 is 0. The second-order valence-corrected chi connectivity index (χ2v) is 5.44. The molecule has 1 aliphatic heterocycles. The van der Waals surface area contributed by atoms with Crippen molar-refractivity contribution in [2.24, 2.45) is 11.7 Å². The summed E-state index contributed by atoms with van der Waals surface area (Å²) in [6.45, 7) is 4.83. The smallest absolute Gasteiger partial charge is 0.127 e. The maximum Gasteiger partial charge on any atom is 0.127 e. The Labute approximate surface area is 109 Å². The van der Waals surface area contributed by atoms with Crippen LogP contribution in [0.4, 0.5) is 4.39 Å². The largest absolute Gasteiger partial charge is 0.327 e. The highest BCUT2D eigenvalue weighted by molar-refractivity contribution is 5.17. The Kier molecular flexibility index (Phi) is 4.72. The van der Waals surface area contributed by atoms with Gasteiger partial charge in [-0.25, -0.2) is 4.39 Å². The third-order valence-electron chi connectivity index (χ3n) is 3.69. The number of likely N-dealkylation sites (tertiary alicyclic amines) is 1. The highest BCUT2D eigenvalue weighted by Crippen LogP contribution is 2.22. The normalized spacial score (nSPS) is 25.3. The predicted molar refractivity (Wildman–Crippen MR) is 72.7 cm³/mol. The minimum atomic E-state index is -0.108. The van der Waals surface area contributed by atoms with Crippen LogP contribution < -0.4 is 5.73 Å². The molecule has 1 saturated heterocycles. The third-order valence-corrected chi connectivity index (χ3v) is 3.69. The van der Waals surface area contributed by atoms with Crippen molar-refractivity contribution >= 4 is 0 Å². The number of halogens is 1. The Morgan fingerprint density at radius 2 is 2.11 bits per heavy atom. The van der Waals surface area contributed by atoms with Crippen molar-refractivity contribution in [3.05, 3.63) is 35.6 Å². The van der Waals surface area contributed by atoms with Gasteiger partial charge in [-0.15, -0.1) is 0 Å². The molecule has 0 radical (unpaired) electrons. The summed E-state index contributed by atoms with van der Waals surface area (Å²) in [5.41, 5.74) is 6.88. The number of benzene rings is 1. The summed E-state index contributed by atoms with van der Waals surface area (Å²) in [5, 5.41) is 0. The van der Waals surface area contributed by atoms with Gasteiger partial charge in [-0.3, -0.25) is 4.90 Å². The highest BCUT2D eigenvalue weighted by atomic mass is 19.1. The van der Waals surface area contributed by atoms with Crippen LogP contribution in [0.2, 0.25) is 0 Å². The zero-order chi connectivity index (χ0) is 13.0. The minimum absolute atomic E-state index is 0.108. The molecule has 2 N–H and O–H groups in total. The van der Waals surface area contributed by atoms with Gasteiger partial charge >= 0.3 is 0 Å². The molecule has 2 rings (SSSR count). The molecule has 1 aliphatic rings. The second-order valence-electron chi connectivity index (χ2n) is 5.44. The monoisotopic (exact) mass is 250 g/mol. The molecule has 18 heavy (non-hydrogen) atoms. The molecular formula is C15H23FN2. The Balaban J connectivity index is 1.98. The van der Waals surface area contributed by atoms with E-state index in [1.807, 2.05) is 12.1 Å². The molecule has 1 aromatic rings. The predicted octanol–water partition coefficient (Wildman–Crippen LogP) is 2.78. The first kappa shape index (κ1) is 13.5. The van der Waals surface area contributed by atoms with Crippen LogP contribution in [0.5, 0.6) is 0 Å². The van der Waals surface area contributed by atoms with Crippen LogP contribution in [0.25, 0.3) is 0 Å². The molecule has 0 aromatic heterocycles. The van der Waals surface area contributed by atoms with Crippen LogP contribution in [0, 0.1) is 11.7 Å². The molecule has 2 atom stereocenters. The van der Waals surface area contributed by atoms with E-state index in [-0.39, 0.29) is 11.9 Å². The topological polar surface area (TPSA) is 29.3 Å². The van der Waals surface area contributed by atoms with Gasteiger partial charge in [0.25, 0.3) is 0 Å². The van der Waals surface area contributed by atoms with E-state index in [0.29, 0.717) is 12.5 Å². The van der Waals surface area contributed by atoms with Gasteiger partial charge < -0.3 is 5.73 Å². The van der Waals surface area contributed by atoms with Crippen LogP contribution in [-0.2, 0) is 6.54 Å². The molecule has 1 aromatic carbocycles. The quantitative estimate of drug-likeness (QED) is 0.890. The lowest BCUT2D eigenvalue weighted by Gasteiger charge is -2.36. The minimum Gasteiger partial charge on any atom is -0.327 e. The highest BCUT2D eigenvalue weighted by Gasteiger charge is 2.24. The van der Waals surface area contributed by atoms with Crippen LogP contribution in [-0.4, -0.2) is 24.0 Å². The van der Waals surface area contributed by atoms with Gasteiger partial charge in [0.05, 0.1) is 0 Å². The number of piperidine rings is 1. The summed E-state index contributed by atoms with van der Waals surface area (Å²) in [4.78, 5) is 2.30. The average Bonchev–Trinajstić information content (AvgIpc) is 2.32. The SMILES string of the molecule is CCCC1CC(N)CN(Cc2ccccc2F)C1. The zero-order valence-corrected chi connectivity index (χ0v) is 11.1. The first-order valence-electron chi connectivity index (χ1n) is 6.90. The lowest BCUT2D eigenvalue weighted by atomic mass is 9.91. The van der Waals surface area contributed by atoms with Crippen molar-refractivity contribution in [2.75, 3.05) is 13.1 Å². The van der Waals surface area contributed by atoms with Gasteiger partial charge in [0.15, 0.2) is 0 Å². The second kappa shape index (κ2) is 6.30. The van der Waals surface area contributed by atoms with E-state index in [9.17, 15) is 4.39 Å². The van der Waals surface area contributed by atoms with Crippen molar-refractivity contribution in [2.45, 2.75) is 38.8 Å². The van der Waals surface area contributed by atoms with Crippen molar-refractivity contribution in [1.29, 1.82) is 0 Å². The Hall–Kier alpha value is -0.930. The molecule has 1 heterocycles.